The van der Waals surface area contributed by atoms with Gasteiger partial charge in [-0.15, -0.1) is 6.58 Å². The average Bonchev–Trinajstić information content (AvgIpc) is 2.53. The Kier molecular flexibility index (Phi) is 5.40. The van der Waals surface area contributed by atoms with Gasteiger partial charge in [-0.25, -0.2) is 0 Å². The fraction of sp³-hybridized carbons (Fsp3) is 0.0667. The Hall–Kier alpha value is -2.20. The molecular formula is C15H14O7S2. The van der Waals surface area contributed by atoms with Crippen LogP contribution in [-0.2, 0) is 24.4 Å². The van der Waals surface area contributed by atoms with Gasteiger partial charge in [-0.1, -0.05) is 30.3 Å². The monoisotopic (exact) mass is 370 g/mol. The fourth-order valence-corrected chi connectivity index (χ4v) is 3.43. The zero-order valence-electron chi connectivity index (χ0n) is 12.3. The Morgan fingerprint density at radius 2 is 1.42 bits per heavy atom. The second kappa shape index (κ2) is 7.14. The summed E-state index contributed by atoms with van der Waals surface area (Å²) in [5, 5.41) is 0. The summed E-state index contributed by atoms with van der Waals surface area (Å²) in [5.74, 6) is -0.357. The fourth-order valence-electron chi connectivity index (χ4n) is 1.81. The Bertz CT molecular complexity index is 947. The second-order valence-electron chi connectivity index (χ2n) is 4.50. The van der Waals surface area contributed by atoms with Gasteiger partial charge < -0.3 is 4.74 Å². The van der Waals surface area contributed by atoms with Gasteiger partial charge in [0.1, 0.15) is 21.3 Å². The Morgan fingerprint density at radius 3 is 1.96 bits per heavy atom. The highest BCUT2D eigenvalue weighted by molar-refractivity contribution is 7.87. The van der Waals surface area contributed by atoms with Crippen molar-refractivity contribution in [3.63, 3.8) is 0 Å². The smallest absolute Gasteiger partial charge is 0.301 e. The van der Waals surface area contributed by atoms with Gasteiger partial charge in [-0.05, 0) is 24.3 Å². The summed E-state index contributed by atoms with van der Waals surface area (Å²) in [6, 6.07) is 10.9. The first-order valence-electron chi connectivity index (χ1n) is 6.59. The maximum absolute atomic E-state index is 12.2. The normalized spacial score (nSPS) is 11.9. The van der Waals surface area contributed by atoms with E-state index in [0.29, 0.717) is 0 Å². The first-order chi connectivity index (χ1) is 11.3. The Balaban J connectivity index is 2.49. The highest BCUT2D eigenvalue weighted by atomic mass is 32.2. The van der Waals surface area contributed by atoms with Gasteiger partial charge in [0.2, 0.25) is 0 Å². The van der Waals surface area contributed by atoms with E-state index in [2.05, 4.69) is 6.58 Å². The highest BCUT2D eigenvalue weighted by Gasteiger charge is 2.23. The summed E-state index contributed by atoms with van der Waals surface area (Å²) in [6.45, 7) is 3.15. The van der Waals surface area contributed by atoms with Crippen LogP contribution in [0.2, 0.25) is 0 Å². The molecule has 0 saturated heterocycles. The zero-order chi connectivity index (χ0) is 17.8. The molecule has 2 aromatic carbocycles. The SMILES string of the molecule is C=CCOS(=O)(=O)c1ccccc1Oc1ccccc1S(=O)(=O)O. The largest absolute Gasteiger partial charge is 0.454 e. The van der Waals surface area contributed by atoms with Crippen LogP contribution in [0.25, 0.3) is 0 Å². The van der Waals surface area contributed by atoms with Crippen molar-refractivity contribution in [3.05, 3.63) is 61.2 Å². The van der Waals surface area contributed by atoms with E-state index in [9.17, 15) is 21.4 Å². The van der Waals surface area contributed by atoms with E-state index in [1.54, 1.807) is 0 Å². The molecule has 0 saturated carbocycles. The van der Waals surface area contributed by atoms with Crippen molar-refractivity contribution < 1.29 is 30.3 Å². The molecule has 0 aliphatic rings. The van der Waals surface area contributed by atoms with Crippen LogP contribution in [0, 0.1) is 0 Å². The maximum Gasteiger partial charge on any atom is 0.301 e. The molecule has 0 spiro atoms. The minimum absolute atomic E-state index is 0.141. The van der Waals surface area contributed by atoms with Gasteiger partial charge in [0.05, 0.1) is 6.61 Å². The third kappa shape index (κ3) is 4.20. The molecule has 0 radical (unpaired) electrons. The lowest BCUT2D eigenvalue weighted by atomic mass is 10.3. The molecular weight excluding hydrogens is 356 g/mol. The minimum atomic E-state index is -4.54. The number of para-hydroxylation sites is 2. The first-order valence-corrected chi connectivity index (χ1v) is 9.44. The van der Waals surface area contributed by atoms with Gasteiger partial charge in [-0.2, -0.15) is 16.8 Å². The molecule has 128 valence electrons. The highest BCUT2D eigenvalue weighted by Crippen LogP contribution is 2.33. The van der Waals surface area contributed by atoms with Crippen LogP contribution in [0.1, 0.15) is 0 Å². The lowest BCUT2D eigenvalue weighted by Crippen LogP contribution is -2.08. The molecule has 0 fully saturated rings. The van der Waals surface area contributed by atoms with Crippen LogP contribution >= 0.6 is 0 Å². The molecule has 7 nitrogen and oxygen atoms in total. The second-order valence-corrected chi connectivity index (χ2v) is 7.47. The third-order valence-corrected chi connectivity index (χ3v) is 5.02. The van der Waals surface area contributed by atoms with E-state index in [1.807, 2.05) is 0 Å². The van der Waals surface area contributed by atoms with Crippen molar-refractivity contribution in [1.29, 1.82) is 0 Å². The van der Waals surface area contributed by atoms with Crippen LogP contribution < -0.4 is 4.74 Å². The summed E-state index contributed by atoms with van der Waals surface area (Å²) in [5.41, 5.74) is 0. The molecule has 2 aromatic rings. The van der Waals surface area contributed by atoms with E-state index < -0.39 is 25.1 Å². The van der Waals surface area contributed by atoms with E-state index in [-0.39, 0.29) is 23.0 Å². The Labute approximate surface area is 140 Å². The number of rotatable bonds is 7. The van der Waals surface area contributed by atoms with Crippen LogP contribution in [0.3, 0.4) is 0 Å². The van der Waals surface area contributed by atoms with Crippen LogP contribution in [0.5, 0.6) is 11.5 Å². The molecule has 0 unspecified atom stereocenters. The van der Waals surface area contributed by atoms with E-state index in [4.69, 9.17) is 8.92 Å². The van der Waals surface area contributed by atoms with Crippen molar-refractivity contribution in [2.24, 2.45) is 0 Å². The van der Waals surface area contributed by atoms with Gasteiger partial charge in [0.15, 0.2) is 0 Å². The Morgan fingerprint density at radius 1 is 0.917 bits per heavy atom. The standard InChI is InChI=1S/C15H14O7S2/c1-2-11-21-24(19,20)15-10-6-4-8-13(15)22-12-7-3-5-9-14(12)23(16,17)18/h2-10H,1,11H2,(H,16,17,18). The molecule has 9 heteroatoms. The van der Waals surface area contributed by atoms with E-state index in [1.165, 1.54) is 48.5 Å². The molecule has 0 aliphatic carbocycles. The van der Waals surface area contributed by atoms with Crippen molar-refractivity contribution in [1.82, 2.24) is 0 Å². The van der Waals surface area contributed by atoms with Gasteiger partial charge in [0.25, 0.3) is 10.1 Å². The quantitative estimate of drug-likeness (QED) is 0.453. The van der Waals surface area contributed by atoms with Crippen LogP contribution in [-0.4, -0.2) is 28.0 Å². The summed E-state index contributed by atoms with van der Waals surface area (Å²) >= 11 is 0. The lowest BCUT2D eigenvalue weighted by molar-refractivity contribution is 0.353. The molecule has 0 aromatic heterocycles. The van der Waals surface area contributed by atoms with Crippen molar-refractivity contribution in [2.75, 3.05) is 6.61 Å². The summed E-state index contributed by atoms with van der Waals surface area (Å²) < 4.78 is 66.5. The molecule has 0 aliphatic heterocycles. The van der Waals surface area contributed by atoms with Crippen molar-refractivity contribution in [3.8, 4) is 11.5 Å². The van der Waals surface area contributed by atoms with Gasteiger partial charge in [-0.3, -0.25) is 8.74 Å². The summed E-state index contributed by atoms with van der Waals surface area (Å²) in [7, 11) is -8.66. The molecule has 0 amide bonds. The molecule has 1 N–H and O–H groups in total. The molecule has 0 heterocycles. The molecule has 0 atom stereocenters. The van der Waals surface area contributed by atoms with Crippen LogP contribution in [0.4, 0.5) is 0 Å². The van der Waals surface area contributed by atoms with E-state index >= 15 is 0 Å². The number of hydrogen-bond acceptors (Lipinski definition) is 6. The lowest BCUT2D eigenvalue weighted by Gasteiger charge is -2.13. The van der Waals surface area contributed by atoms with Crippen molar-refractivity contribution in [2.45, 2.75) is 9.79 Å². The zero-order valence-corrected chi connectivity index (χ0v) is 14.0. The number of ether oxygens (including phenoxy) is 1. The first kappa shape index (κ1) is 18.1. The van der Waals surface area contributed by atoms with Crippen LogP contribution in [0.15, 0.2) is 71.0 Å². The number of hydrogen-bond donors (Lipinski definition) is 1. The van der Waals surface area contributed by atoms with Gasteiger partial charge >= 0.3 is 10.1 Å². The summed E-state index contributed by atoms with van der Waals surface area (Å²) in [4.78, 5) is -0.763. The topological polar surface area (TPSA) is 107 Å². The maximum atomic E-state index is 12.2. The van der Waals surface area contributed by atoms with Gasteiger partial charge in [0, 0.05) is 0 Å². The predicted molar refractivity (Wildman–Crippen MR) is 86.1 cm³/mol. The molecule has 2 rings (SSSR count). The predicted octanol–water partition coefficient (Wildman–Crippen LogP) is 2.62. The minimum Gasteiger partial charge on any atom is -0.454 e. The van der Waals surface area contributed by atoms with Crippen molar-refractivity contribution >= 4 is 20.2 Å². The number of benzene rings is 2. The molecule has 0 bridgehead atoms. The van der Waals surface area contributed by atoms with E-state index in [0.717, 1.165) is 6.07 Å². The summed E-state index contributed by atoms with van der Waals surface area (Å²) in [6.07, 6.45) is 1.27. The molecule has 24 heavy (non-hydrogen) atoms. The average molecular weight is 370 g/mol. The third-order valence-electron chi connectivity index (χ3n) is 2.81.